The summed E-state index contributed by atoms with van der Waals surface area (Å²) in [6, 6.07) is -1.03. The smallest absolute Gasteiger partial charge is 0.354 e. The summed E-state index contributed by atoms with van der Waals surface area (Å²) in [6.45, 7) is 2.53. The van der Waals surface area contributed by atoms with E-state index in [2.05, 4.69) is 30.9 Å². The number of nitrogens with one attached hydrogen (secondary N) is 3. The van der Waals surface area contributed by atoms with E-state index in [0.29, 0.717) is 18.0 Å². The maximum atomic E-state index is 12.4. The van der Waals surface area contributed by atoms with Crippen molar-refractivity contribution < 1.29 is 23.2 Å². The number of anilines is 3. The summed E-state index contributed by atoms with van der Waals surface area (Å²) in [7, 11) is 0. The van der Waals surface area contributed by atoms with Gasteiger partial charge in [0, 0.05) is 6.54 Å². The molecule has 1 aliphatic rings. The van der Waals surface area contributed by atoms with Gasteiger partial charge in [-0.05, 0) is 33.1 Å². The van der Waals surface area contributed by atoms with Crippen molar-refractivity contribution >= 4 is 23.8 Å². The molecule has 0 saturated carbocycles. The number of rotatable bonds is 6. The monoisotopic (exact) mass is 377 g/mol. The van der Waals surface area contributed by atoms with Gasteiger partial charge in [0.05, 0.1) is 6.04 Å². The van der Waals surface area contributed by atoms with Crippen LogP contribution in [-0.2, 0) is 4.79 Å². The fraction of sp³-hybridized carbons (Fsp3) is 0.714. The van der Waals surface area contributed by atoms with Crippen molar-refractivity contribution in [2.24, 2.45) is 0 Å². The quantitative estimate of drug-likeness (QED) is 0.552. The molecule has 0 aromatic carbocycles. The van der Waals surface area contributed by atoms with Crippen LogP contribution in [0.5, 0.6) is 0 Å². The summed E-state index contributed by atoms with van der Waals surface area (Å²) in [6.07, 6.45) is -2.29. The Labute approximate surface area is 148 Å². The molecule has 2 heterocycles. The van der Waals surface area contributed by atoms with E-state index >= 15 is 0 Å². The van der Waals surface area contributed by atoms with Crippen LogP contribution in [0.3, 0.4) is 0 Å². The number of alkyl halides is 3. The van der Waals surface area contributed by atoms with E-state index in [0.717, 1.165) is 12.8 Å². The Morgan fingerprint density at radius 3 is 2.62 bits per heavy atom. The highest BCUT2D eigenvalue weighted by Gasteiger charge is 2.28. The van der Waals surface area contributed by atoms with Crippen LogP contribution in [0, 0.1) is 0 Å². The Bertz CT molecular complexity index is 627. The fourth-order valence-corrected chi connectivity index (χ4v) is 2.25. The predicted octanol–water partition coefficient (Wildman–Crippen LogP) is 1.53. The van der Waals surface area contributed by atoms with E-state index < -0.39 is 24.8 Å². The van der Waals surface area contributed by atoms with Crippen LogP contribution in [0.25, 0.3) is 0 Å². The number of aromatic nitrogens is 3. The standard InChI is InChI=1S/C14H22F3N7O2/c1-8(2)24(26)13-22-11(19-7-14(15,16)17)21-12(23-13)20-9-5-3-4-6-18-10(9)25/h8-9,26H,3-7H2,1-2H3,(H,18,25)(H2,19,20,21,22,23). The van der Waals surface area contributed by atoms with Crippen LogP contribution < -0.4 is 21.0 Å². The molecule has 1 fully saturated rings. The third-order valence-corrected chi connectivity index (χ3v) is 3.60. The van der Waals surface area contributed by atoms with Crippen LogP contribution >= 0.6 is 0 Å². The van der Waals surface area contributed by atoms with Crippen molar-refractivity contribution in [3.8, 4) is 0 Å². The second-order valence-electron chi connectivity index (χ2n) is 6.17. The Kier molecular flexibility index (Phi) is 6.40. The Morgan fingerprint density at radius 1 is 1.27 bits per heavy atom. The van der Waals surface area contributed by atoms with Gasteiger partial charge in [-0.2, -0.15) is 28.1 Å². The molecule has 0 aliphatic carbocycles. The molecule has 0 bridgehead atoms. The van der Waals surface area contributed by atoms with Gasteiger partial charge < -0.3 is 16.0 Å². The van der Waals surface area contributed by atoms with Crippen LogP contribution in [0.4, 0.5) is 31.0 Å². The lowest BCUT2D eigenvalue weighted by Crippen LogP contribution is -2.38. The van der Waals surface area contributed by atoms with E-state index in [1.165, 1.54) is 0 Å². The number of carbonyl (C=O) groups excluding carboxylic acids is 1. The Balaban J connectivity index is 2.24. The maximum absolute atomic E-state index is 12.4. The highest BCUT2D eigenvalue weighted by molar-refractivity contribution is 5.84. The van der Waals surface area contributed by atoms with Crippen molar-refractivity contribution in [2.45, 2.75) is 51.4 Å². The van der Waals surface area contributed by atoms with E-state index in [4.69, 9.17) is 0 Å². The first-order valence-corrected chi connectivity index (χ1v) is 8.25. The van der Waals surface area contributed by atoms with Gasteiger partial charge >= 0.3 is 6.18 Å². The lowest BCUT2D eigenvalue weighted by atomic mass is 10.1. The molecule has 1 unspecified atom stereocenters. The van der Waals surface area contributed by atoms with Gasteiger partial charge in [0.2, 0.25) is 17.8 Å². The molecule has 26 heavy (non-hydrogen) atoms. The summed E-state index contributed by atoms with van der Waals surface area (Å²) < 4.78 is 37.3. The second kappa shape index (κ2) is 8.34. The summed E-state index contributed by atoms with van der Waals surface area (Å²) in [5.41, 5.74) is 0. The molecule has 2 rings (SSSR count). The molecule has 1 aliphatic heterocycles. The molecular weight excluding hydrogens is 355 g/mol. The van der Waals surface area contributed by atoms with Crippen molar-refractivity contribution in [1.82, 2.24) is 20.3 Å². The second-order valence-corrected chi connectivity index (χ2v) is 6.17. The number of carbonyl (C=O) groups is 1. The fourth-order valence-electron chi connectivity index (χ4n) is 2.25. The summed E-state index contributed by atoms with van der Waals surface area (Å²) in [4.78, 5) is 23.7. The molecule has 0 spiro atoms. The number of hydrogen-bond acceptors (Lipinski definition) is 8. The zero-order valence-corrected chi connectivity index (χ0v) is 14.5. The van der Waals surface area contributed by atoms with Crippen molar-refractivity contribution in [3.05, 3.63) is 0 Å². The summed E-state index contributed by atoms with van der Waals surface area (Å²) in [5.74, 6) is -0.917. The van der Waals surface area contributed by atoms with Gasteiger partial charge in [0.1, 0.15) is 12.6 Å². The number of amides is 1. The zero-order chi connectivity index (χ0) is 19.3. The average Bonchev–Trinajstić information content (AvgIpc) is 2.76. The maximum Gasteiger partial charge on any atom is 0.405 e. The zero-order valence-electron chi connectivity index (χ0n) is 14.5. The minimum Gasteiger partial charge on any atom is -0.354 e. The molecule has 1 saturated heterocycles. The number of halogens is 3. The average molecular weight is 377 g/mol. The first-order valence-electron chi connectivity index (χ1n) is 8.25. The molecule has 146 valence electrons. The molecule has 1 amide bonds. The van der Waals surface area contributed by atoms with E-state index in [1.54, 1.807) is 13.8 Å². The molecule has 0 radical (unpaired) electrons. The molecule has 1 atom stereocenters. The first kappa shape index (κ1) is 19.9. The van der Waals surface area contributed by atoms with Crippen molar-refractivity contribution in [3.63, 3.8) is 0 Å². The largest absolute Gasteiger partial charge is 0.405 e. The third kappa shape index (κ3) is 5.86. The summed E-state index contributed by atoms with van der Waals surface area (Å²) >= 11 is 0. The number of hydrogen-bond donors (Lipinski definition) is 4. The van der Waals surface area contributed by atoms with Crippen molar-refractivity contribution in [1.29, 1.82) is 0 Å². The third-order valence-electron chi connectivity index (χ3n) is 3.60. The predicted molar refractivity (Wildman–Crippen MR) is 88.0 cm³/mol. The van der Waals surface area contributed by atoms with Crippen LogP contribution in [0.1, 0.15) is 33.1 Å². The van der Waals surface area contributed by atoms with Gasteiger partial charge in [-0.25, -0.2) is 5.06 Å². The van der Waals surface area contributed by atoms with Gasteiger partial charge in [-0.3, -0.25) is 10.0 Å². The van der Waals surface area contributed by atoms with Crippen LogP contribution in [0.15, 0.2) is 0 Å². The normalized spacial score (nSPS) is 18.3. The van der Waals surface area contributed by atoms with Crippen LogP contribution in [0.2, 0.25) is 0 Å². The molecule has 1 aromatic rings. The molecular formula is C14H22F3N7O2. The topological polar surface area (TPSA) is 115 Å². The Morgan fingerprint density at radius 2 is 1.96 bits per heavy atom. The Hall–Kier alpha value is -2.37. The van der Waals surface area contributed by atoms with E-state index in [9.17, 15) is 23.2 Å². The minimum absolute atomic E-state index is 0.0959. The minimum atomic E-state index is -4.46. The van der Waals surface area contributed by atoms with Crippen molar-refractivity contribution in [2.75, 3.05) is 28.8 Å². The van der Waals surface area contributed by atoms with Gasteiger partial charge in [-0.15, -0.1) is 0 Å². The number of hydroxylamine groups is 1. The van der Waals surface area contributed by atoms with Gasteiger partial charge in [0.25, 0.3) is 5.95 Å². The summed E-state index contributed by atoms with van der Waals surface area (Å²) in [5, 5.41) is 18.3. The molecule has 1 aromatic heterocycles. The lowest BCUT2D eigenvalue weighted by molar-refractivity contribution is -0.121. The highest BCUT2D eigenvalue weighted by Crippen LogP contribution is 2.19. The SMILES string of the molecule is CC(C)N(O)c1nc(NCC(F)(F)F)nc(NC2CCCCNC2=O)n1. The van der Waals surface area contributed by atoms with E-state index in [1.807, 2.05) is 0 Å². The molecule has 12 heteroatoms. The molecule has 9 nitrogen and oxygen atoms in total. The molecule has 4 N–H and O–H groups in total. The van der Waals surface area contributed by atoms with Gasteiger partial charge in [-0.1, -0.05) is 0 Å². The van der Waals surface area contributed by atoms with E-state index in [-0.39, 0.29) is 23.8 Å². The van der Waals surface area contributed by atoms with Gasteiger partial charge in [0.15, 0.2) is 0 Å². The first-order chi connectivity index (χ1) is 12.2. The number of nitrogens with zero attached hydrogens (tertiary/aromatic N) is 4. The highest BCUT2D eigenvalue weighted by atomic mass is 19.4. The van der Waals surface area contributed by atoms with Crippen LogP contribution in [-0.4, -0.2) is 57.4 Å². The lowest BCUT2D eigenvalue weighted by Gasteiger charge is -2.21.